The standard InChI is InChI=1S/C15H17ClN4O/c16-14-13(10-21)15(18-11-17-14)20-8-6-19(7-9-20)12-4-2-1-3-5-12/h1-5,11,21H,6-10H2. The summed E-state index contributed by atoms with van der Waals surface area (Å²) in [6.45, 7) is 3.37. The molecule has 1 saturated heterocycles. The zero-order valence-electron chi connectivity index (χ0n) is 11.6. The molecule has 1 N–H and O–H groups in total. The molecule has 0 radical (unpaired) electrons. The van der Waals surface area contributed by atoms with E-state index in [4.69, 9.17) is 11.6 Å². The van der Waals surface area contributed by atoms with Crippen LogP contribution in [0.2, 0.25) is 5.15 Å². The third-order valence-electron chi connectivity index (χ3n) is 3.73. The monoisotopic (exact) mass is 304 g/mol. The number of halogens is 1. The van der Waals surface area contributed by atoms with Crippen molar-refractivity contribution in [3.05, 3.63) is 47.4 Å². The third-order valence-corrected chi connectivity index (χ3v) is 4.05. The SMILES string of the molecule is OCc1c(Cl)ncnc1N1CCN(c2ccccc2)CC1. The number of rotatable bonds is 3. The van der Waals surface area contributed by atoms with E-state index in [1.54, 1.807) is 0 Å². The van der Waals surface area contributed by atoms with E-state index in [1.165, 1.54) is 12.0 Å². The first-order valence-corrected chi connectivity index (χ1v) is 7.32. The fourth-order valence-electron chi connectivity index (χ4n) is 2.61. The fraction of sp³-hybridized carbons (Fsp3) is 0.333. The van der Waals surface area contributed by atoms with Crippen LogP contribution in [-0.4, -0.2) is 41.3 Å². The van der Waals surface area contributed by atoms with Gasteiger partial charge in [0.1, 0.15) is 17.3 Å². The molecular formula is C15H17ClN4O. The summed E-state index contributed by atoms with van der Waals surface area (Å²) in [6, 6.07) is 10.4. The van der Waals surface area contributed by atoms with Crippen LogP contribution in [0.4, 0.5) is 11.5 Å². The van der Waals surface area contributed by atoms with Crippen LogP contribution in [0.15, 0.2) is 36.7 Å². The van der Waals surface area contributed by atoms with Crippen molar-refractivity contribution in [1.82, 2.24) is 9.97 Å². The van der Waals surface area contributed by atoms with Gasteiger partial charge in [0.2, 0.25) is 0 Å². The van der Waals surface area contributed by atoms with E-state index >= 15 is 0 Å². The Bertz CT molecular complexity index is 600. The van der Waals surface area contributed by atoms with Crippen LogP contribution in [0.25, 0.3) is 0 Å². The molecule has 0 atom stereocenters. The minimum atomic E-state index is -0.145. The van der Waals surface area contributed by atoms with Crippen molar-refractivity contribution in [3.8, 4) is 0 Å². The lowest BCUT2D eigenvalue weighted by Crippen LogP contribution is -2.47. The largest absolute Gasteiger partial charge is 0.391 e. The van der Waals surface area contributed by atoms with Gasteiger partial charge in [0.25, 0.3) is 0 Å². The minimum Gasteiger partial charge on any atom is -0.391 e. The van der Waals surface area contributed by atoms with Gasteiger partial charge >= 0.3 is 0 Å². The van der Waals surface area contributed by atoms with Gasteiger partial charge in [-0.1, -0.05) is 29.8 Å². The van der Waals surface area contributed by atoms with E-state index in [1.807, 2.05) is 6.07 Å². The molecule has 110 valence electrons. The van der Waals surface area contributed by atoms with E-state index in [0.717, 1.165) is 32.0 Å². The van der Waals surface area contributed by atoms with Crippen LogP contribution < -0.4 is 9.80 Å². The maximum atomic E-state index is 9.46. The molecule has 3 rings (SSSR count). The Labute approximate surface area is 128 Å². The molecule has 0 unspecified atom stereocenters. The smallest absolute Gasteiger partial charge is 0.140 e. The third kappa shape index (κ3) is 2.94. The second-order valence-electron chi connectivity index (χ2n) is 4.93. The van der Waals surface area contributed by atoms with E-state index < -0.39 is 0 Å². The molecule has 0 saturated carbocycles. The molecular weight excluding hydrogens is 288 g/mol. The maximum Gasteiger partial charge on any atom is 0.140 e. The summed E-state index contributed by atoms with van der Waals surface area (Å²) in [7, 11) is 0. The first-order chi connectivity index (χ1) is 10.3. The van der Waals surface area contributed by atoms with Gasteiger partial charge in [0.05, 0.1) is 12.2 Å². The van der Waals surface area contributed by atoms with Crippen molar-refractivity contribution in [3.63, 3.8) is 0 Å². The summed E-state index contributed by atoms with van der Waals surface area (Å²) in [4.78, 5) is 12.7. The quantitative estimate of drug-likeness (QED) is 0.879. The number of benzene rings is 1. The molecule has 0 spiro atoms. The van der Waals surface area contributed by atoms with Crippen LogP contribution in [0.5, 0.6) is 0 Å². The van der Waals surface area contributed by atoms with Crippen molar-refractivity contribution in [2.75, 3.05) is 36.0 Å². The number of aliphatic hydroxyl groups excluding tert-OH is 1. The van der Waals surface area contributed by atoms with Gasteiger partial charge in [0, 0.05) is 31.9 Å². The van der Waals surface area contributed by atoms with Gasteiger partial charge in [-0.25, -0.2) is 9.97 Å². The Morgan fingerprint density at radius 1 is 1.00 bits per heavy atom. The van der Waals surface area contributed by atoms with Crippen LogP contribution in [0, 0.1) is 0 Å². The predicted octanol–water partition coefficient (Wildman–Crippen LogP) is 1.95. The zero-order chi connectivity index (χ0) is 14.7. The molecule has 0 bridgehead atoms. The lowest BCUT2D eigenvalue weighted by atomic mass is 10.2. The number of para-hydroxylation sites is 1. The predicted molar refractivity (Wildman–Crippen MR) is 83.8 cm³/mol. The Morgan fingerprint density at radius 3 is 2.33 bits per heavy atom. The first kappa shape index (κ1) is 14.1. The number of piperazine rings is 1. The minimum absolute atomic E-state index is 0.145. The van der Waals surface area contributed by atoms with Crippen LogP contribution in [0.1, 0.15) is 5.56 Å². The van der Waals surface area contributed by atoms with E-state index in [-0.39, 0.29) is 6.61 Å². The highest BCUT2D eigenvalue weighted by Crippen LogP contribution is 2.25. The van der Waals surface area contributed by atoms with Gasteiger partial charge in [-0.05, 0) is 12.1 Å². The molecule has 21 heavy (non-hydrogen) atoms. The summed E-state index contributed by atoms with van der Waals surface area (Å²) in [5.41, 5.74) is 1.84. The Balaban J connectivity index is 1.73. The van der Waals surface area contributed by atoms with Gasteiger partial charge in [-0.3, -0.25) is 0 Å². The molecule has 5 nitrogen and oxygen atoms in total. The number of aromatic nitrogens is 2. The summed E-state index contributed by atoms with van der Waals surface area (Å²) in [5, 5.41) is 9.79. The summed E-state index contributed by atoms with van der Waals surface area (Å²) in [5.74, 6) is 0.741. The molecule has 0 amide bonds. The zero-order valence-corrected chi connectivity index (χ0v) is 12.4. The van der Waals surface area contributed by atoms with Crippen molar-refractivity contribution in [1.29, 1.82) is 0 Å². The summed E-state index contributed by atoms with van der Waals surface area (Å²) >= 11 is 6.03. The van der Waals surface area contributed by atoms with Crippen LogP contribution in [0.3, 0.4) is 0 Å². The average molecular weight is 305 g/mol. The van der Waals surface area contributed by atoms with Crippen molar-refractivity contribution < 1.29 is 5.11 Å². The maximum absolute atomic E-state index is 9.46. The Kier molecular flexibility index (Phi) is 4.22. The van der Waals surface area contributed by atoms with Crippen molar-refractivity contribution >= 4 is 23.1 Å². The molecule has 1 aromatic heterocycles. The molecule has 6 heteroatoms. The Hall–Kier alpha value is -1.85. The van der Waals surface area contributed by atoms with E-state index in [2.05, 4.69) is 44.0 Å². The van der Waals surface area contributed by atoms with Crippen LogP contribution in [-0.2, 0) is 6.61 Å². The Morgan fingerprint density at radius 2 is 1.67 bits per heavy atom. The summed E-state index contributed by atoms with van der Waals surface area (Å²) < 4.78 is 0. The molecule has 1 aromatic carbocycles. The topological polar surface area (TPSA) is 52.5 Å². The number of nitrogens with zero attached hydrogens (tertiary/aromatic N) is 4. The van der Waals surface area contributed by atoms with Crippen LogP contribution >= 0.6 is 11.6 Å². The molecule has 0 aliphatic carbocycles. The highest BCUT2D eigenvalue weighted by molar-refractivity contribution is 6.30. The molecule has 1 aliphatic rings. The average Bonchev–Trinajstić information content (AvgIpc) is 2.55. The second-order valence-corrected chi connectivity index (χ2v) is 5.29. The van der Waals surface area contributed by atoms with E-state index in [9.17, 15) is 5.11 Å². The first-order valence-electron chi connectivity index (χ1n) is 6.95. The lowest BCUT2D eigenvalue weighted by molar-refractivity contribution is 0.281. The van der Waals surface area contributed by atoms with Crippen molar-refractivity contribution in [2.24, 2.45) is 0 Å². The van der Waals surface area contributed by atoms with Gasteiger partial charge < -0.3 is 14.9 Å². The van der Waals surface area contributed by atoms with Gasteiger partial charge in [-0.15, -0.1) is 0 Å². The molecule has 2 aromatic rings. The lowest BCUT2D eigenvalue weighted by Gasteiger charge is -2.37. The highest BCUT2D eigenvalue weighted by atomic mass is 35.5. The normalized spacial score (nSPS) is 15.3. The number of hydrogen-bond donors (Lipinski definition) is 1. The molecule has 2 heterocycles. The van der Waals surface area contributed by atoms with Gasteiger partial charge in [0.15, 0.2) is 0 Å². The molecule has 1 fully saturated rings. The fourth-order valence-corrected chi connectivity index (χ4v) is 2.79. The number of hydrogen-bond acceptors (Lipinski definition) is 5. The number of aliphatic hydroxyl groups is 1. The molecule has 1 aliphatic heterocycles. The number of anilines is 2. The van der Waals surface area contributed by atoms with Gasteiger partial charge in [-0.2, -0.15) is 0 Å². The summed E-state index contributed by atoms with van der Waals surface area (Å²) in [6.07, 6.45) is 1.44. The second kappa shape index (κ2) is 6.28. The highest BCUT2D eigenvalue weighted by Gasteiger charge is 2.21. The van der Waals surface area contributed by atoms with Crippen molar-refractivity contribution in [2.45, 2.75) is 6.61 Å². The van der Waals surface area contributed by atoms with E-state index in [0.29, 0.717) is 10.7 Å².